The van der Waals surface area contributed by atoms with Crippen LogP contribution in [0.4, 0.5) is 11.4 Å². The van der Waals surface area contributed by atoms with E-state index < -0.39 is 16.8 Å². The topological polar surface area (TPSA) is 83.7 Å². The second-order valence-electron chi connectivity index (χ2n) is 4.72. The molecule has 0 unspecified atom stereocenters. The van der Waals surface area contributed by atoms with Crippen LogP contribution in [0.25, 0.3) is 0 Å². The summed E-state index contributed by atoms with van der Waals surface area (Å²) in [6.07, 6.45) is 0. The predicted octanol–water partition coefficient (Wildman–Crippen LogP) is 2.41. The molecule has 0 spiro atoms. The number of hydrogen-bond acceptors (Lipinski definition) is 4. The maximum Gasteiger partial charge on any atom is 0.308 e. The molecule has 0 aliphatic carbocycles. The Hall–Kier alpha value is -1.82. The van der Waals surface area contributed by atoms with E-state index in [1.54, 1.807) is 17.0 Å². The Labute approximate surface area is 114 Å². The summed E-state index contributed by atoms with van der Waals surface area (Å²) in [6, 6.07) is 4.43. The smallest absolute Gasteiger partial charge is 0.308 e. The SMILES string of the molecule is C[C@@H]1CN(c2ccc(Cl)cc2[N+](=O)[O-])C[C@H]1C(=O)O. The number of hydrogen-bond donors (Lipinski definition) is 1. The van der Waals surface area contributed by atoms with Crippen LogP contribution in [0.3, 0.4) is 0 Å². The van der Waals surface area contributed by atoms with Crippen molar-refractivity contribution < 1.29 is 14.8 Å². The molecule has 1 N–H and O–H groups in total. The Kier molecular flexibility index (Phi) is 3.61. The van der Waals surface area contributed by atoms with Gasteiger partial charge in [0.05, 0.1) is 10.8 Å². The number of carboxylic acids is 1. The van der Waals surface area contributed by atoms with Gasteiger partial charge in [-0.2, -0.15) is 0 Å². The largest absolute Gasteiger partial charge is 0.481 e. The fourth-order valence-electron chi connectivity index (χ4n) is 2.40. The number of carbonyl (C=O) groups is 1. The Balaban J connectivity index is 2.33. The number of halogens is 1. The van der Waals surface area contributed by atoms with Crippen LogP contribution < -0.4 is 4.90 Å². The van der Waals surface area contributed by atoms with E-state index in [-0.39, 0.29) is 23.2 Å². The van der Waals surface area contributed by atoms with E-state index in [9.17, 15) is 14.9 Å². The lowest BCUT2D eigenvalue weighted by Crippen LogP contribution is -2.23. The summed E-state index contributed by atoms with van der Waals surface area (Å²) in [6.45, 7) is 2.60. The van der Waals surface area contributed by atoms with Gasteiger partial charge in [-0.15, -0.1) is 0 Å². The minimum atomic E-state index is -0.869. The van der Waals surface area contributed by atoms with Gasteiger partial charge in [0.15, 0.2) is 0 Å². The molecule has 0 radical (unpaired) electrons. The molecule has 1 saturated heterocycles. The van der Waals surface area contributed by atoms with E-state index in [2.05, 4.69) is 0 Å². The molecule has 1 aromatic carbocycles. The molecule has 1 aliphatic rings. The molecule has 102 valence electrons. The summed E-state index contributed by atoms with van der Waals surface area (Å²) in [5, 5.41) is 20.4. The van der Waals surface area contributed by atoms with Gasteiger partial charge in [0.25, 0.3) is 5.69 Å². The molecule has 2 atom stereocenters. The van der Waals surface area contributed by atoms with Crippen LogP contribution in [0.5, 0.6) is 0 Å². The first-order valence-electron chi connectivity index (χ1n) is 5.82. The fourth-order valence-corrected chi connectivity index (χ4v) is 2.56. The first kappa shape index (κ1) is 13.6. The van der Waals surface area contributed by atoms with Gasteiger partial charge in [-0.1, -0.05) is 18.5 Å². The van der Waals surface area contributed by atoms with Crippen molar-refractivity contribution in [2.45, 2.75) is 6.92 Å². The average molecular weight is 285 g/mol. The number of nitrogens with zero attached hydrogens (tertiary/aromatic N) is 2. The number of anilines is 1. The highest BCUT2D eigenvalue weighted by atomic mass is 35.5. The van der Waals surface area contributed by atoms with Gasteiger partial charge in [0, 0.05) is 24.2 Å². The number of nitro benzene ring substituents is 1. The summed E-state index contributed by atoms with van der Waals surface area (Å²) in [5.41, 5.74) is 0.329. The maximum atomic E-state index is 11.1. The molecule has 1 aromatic rings. The van der Waals surface area contributed by atoms with Crippen LogP contribution in [-0.4, -0.2) is 29.1 Å². The zero-order valence-electron chi connectivity index (χ0n) is 10.2. The molecule has 0 bridgehead atoms. The molecule has 1 aliphatic heterocycles. The fraction of sp³-hybridized carbons (Fsp3) is 0.417. The van der Waals surface area contributed by atoms with Gasteiger partial charge in [0.2, 0.25) is 0 Å². The van der Waals surface area contributed by atoms with E-state index >= 15 is 0 Å². The molecule has 0 aromatic heterocycles. The Morgan fingerprint density at radius 3 is 2.74 bits per heavy atom. The van der Waals surface area contributed by atoms with Gasteiger partial charge in [0.1, 0.15) is 5.69 Å². The third kappa shape index (κ3) is 2.63. The molecule has 7 heteroatoms. The maximum absolute atomic E-state index is 11.1. The normalized spacial score (nSPS) is 22.5. The van der Waals surface area contributed by atoms with Gasteiger partial charge < -0.3 is 10.0 Å². The van der Waals surface area contributed by atoms with Crippen molar-refractivity contribution in [1.29, 1.82) is 0 Å². The van der Waals surface area contributed by atoms with Gasteiger partial charge in [-0.3, -0.25) is 14.9 Å². The van der Waals surface area contributed by atoms with Crippen molar-refractivity contribution in [3.8, 4) is 0 Å². The van der Waals surface area contributed by atoms with E-state index in [1.165, 1.54) is 6.07 Å². The summed E-state index contributed by atoms with van der Waals surface area (Å²) < 4.78 is 0. The van der Waals surface area contributed by atoms with Gasteiger partial charge in [-0.25, -0.2) is 0 Å². The average Bonchev–Trinajstić information content (AvgIpc) is 2.71. The van der Waals surface area contributed by atoms with Crippen LogP contribution in [0.2, 0.25) is 5.02 Å². The molecule has 2 rings (SSSR count). The molecule has 6 nitrogen and oxygen atoms in total. The van der Waals surface area contributed by atoms with Crippen molar-refractivity contribution in [2.75, 3.05) is 18.0 Å². The van der Waals surface area contributed by atoms with Gasteiger partial charge in [-0.05, 0) is 18.1 Å². The highest BCUT2D eigenvalue weighted by Gasteiger charge is 2.36. The number of nitro groups is 1. The Morgan fingerprint density at radius 1 is 1.53 bits per heavy atom. The Morgan fingerprint density at radius 2 is 2.21 bits per heavy atom. The Bertz CT molecular complexity index is 534. The zero-order chi connectivity index (χ0) is 14.2. The number of aliphatic carboxylic acids is 1. The summed E-state index contributed by atoms with van der Waals surface area (Å²) >= 11 is 5.76. The van der Waals surface area contributed by atoms with Crippen molar-refractivity contribution >= 4 is 28.9 Å². The van der Waals surface area contributed by atoms with Crippen LogP contribution in [0, 0.1) is 22.0 Å². The highest BCUT2D eigenvalue weighted by molar-refractivity contribution is 6.30. The van der Waals surface area contributed by atoms with E-state index in [4.69, 9.17) is 16.7 Å². The lowest BCUT2D eigenvalue weighted by Gasteiger charge is -2.18. The summed E-state index contributed by atoms with van der Waals surface area (Å²) in [4.78, 5) is 23.3. The summed E-state index contributed by atoms with van der Waals surface area (Å²) in [7, 11) is 0. The molecular weight excluding hydrogens is 272 g/mol. The molecule has 1 fully saturated rings. The lowest BCUT2D eigenvalue weighted by molar-refractivity contribution is -0.384. The third-order valence-electron chi connectivity index (χ3n) is 3.40. The van der Waals surface area contributed by atoms with Crippen LogP contribution in [0.1, 0.15) is 6.92 Å². The second-order valence-corrected chi connectivity index (χ2v) is 5.15. The monoisotopic (exact) mass is 284 g/mol. The first-order chi connectivity index (χ1) is 8.90. The molecular formula is C12H13ClN2O4. The standard InChI is InChI=1S/C12H13ClN2O4/c1-7-5-14(6-9(7)12(16)17)10-3-2-8(13)4-11(10)15(18)19/h2-4,7,9H,5-6H2,1H3,(H,16,17)/t7-,9-/m1/s1. The minimum Gasteiger partial charge on any atom is -0.481 e. The van der Waals surface area contributed by atoms with E-state index in [1.807, 2.05) is 6.92 Å². The number of rotatable bonds is 3. The van der Waals surface area contributed by atoms with Crippen molar-refractivity contribution in [3.63, 3.8) is 0 Å². The minimum absolute atomic E-state index is 0.0483. The predicted molar refractivity (Wildman–Crippen MR) is 70.6 cm³/mol. The number of benzene rings is 1. The quantitative estimate of drug-likeness (QED) is 0.680. The molecule has 0 saturated carbocycles. The van der Waals surface area contributed by atoms with Crippen molar-refractivity contribution in [2.24, 2.45) is 11.8 Å². The van der Waals surface area contributed by atoms with Crippen LogP contribution in [-0.2, 0) is 4.79 Å². The molecule has 0 amide bonds. The first-order valence-corrected chi connectivity index (χ1v) is 6.19. The van der Waals surface area contributed by atoms with Crippen LogP contribution in [0.15, 0.2) is 18.2 Å². The van der Waals surface area contributed by atoms with Crippen molar-refractivity contribution in [1.82, 2.24) is 0 Å². The van der Waals surface area contributed by atoms with E-state index in [0.29, 0.717) is 12.2 Å². The third-order valence-corrected chi connectivity index (χ3v) is 3.64. The van der Waals surface area contributed by atoms with Crippen LogP contribution >= 0.6 is 11.6 Å². The second kappa shape index (κ2) is 5.05. The van der Waals surface area contributed by atoms with E-state index in [0.717, 1.165) is 0 Å². The summed E-state index contributed by atoms with van der Waals surface area (Å²) in [5.74, 6) is -1.42. The highest BCUT2D eigenvalue weighted by Crippen LogP contribution is 2.35. The van der Waals surface area contributed by atoms with Crippen molar-refractivity contribution in [3.05, 3.63) is 33.3 Å². The zero-order valence-corrected chi connectivity index (χ0v) is 11.0. The molecule has 19 heavy (non-hydrogen) atoms. The van der Waals surface area contributed by atoms with Gasteiger partial charge >= 0.3 is 5.97 Å². The molecule has 1 heterocycles. The lowest BCUT2D eigenvalue weighted by atomic mass is 9.99. The number of carboxylic acid groups (broad SMARTS) is 1.